The van der Waals surface area contributed by atoms with Gasteiger partial charge in [0.15, 0.2) is 0 Å². The second-order valence-corrected chi connectivity index (χ2v) is 5.10. The van der Waals surface area contributed by atoms with Crippen LogP contribution in [0.25, 0.3) is 0 Å². The molecule has 1 fully saturated rings. The number of piperazine rings is 1. The predicted octanol–water partition coefficient (Wildman–Crippen LogP) is 1.80. The third-order valence-electron chi connectivity index (χ3n) is 3.34. The van der Waals surface area contributed by atoms with Crippen LogP contribution < -0.4 is 10.1 Å². The van der Waals surface area contributed by atoms with Gasteiger partial charge in [-0.1, -0.05) is 0 Å². The molecule has 0 aromatic heterocycles. The first-order valence-electron chi connectivity index (χ1n) is 7.04. The third-order valence-corrected chi connectivity index (χ3v) is 3.34. The molecule has 1 aromatic carbocycles. The number of carbonyl (C=O) groups excluding carboxylic acids is 1. The monoisotopic (exact) mass is 280 g/mol. The summed E-state index contributed by atoms with van der Waals surface area (Å²) in [6, 6.07) is 6.28. The number of hydrogen-bond acceptors (Lipinski definition) is 3. The number of nitrogens with one attached hydrogen (secondary N) is 1. The maximum Gasteiger partial charge on any atom is 0.222 e. The zero-order valence-corrected chi connectivity index (χ0v) is 11.8. The Morgan fingerprint density at radius 1 is 1.45 bits per heavy atom. The van der Waals surface area contributed by atoms with Crippen LogP contribution in [-0.2, 0) is 4.79 Å². The summed E-state index contributed by atoms with van der Waals surface area (Å²) < 4.78 is 18.2. The SMILES string of the molecule is CC1CN(C(=O)CCCOc2ccc(F)cc2)CCN1. The Morgan fingerprint density at radius 3 is 2.90 bits per heavy atom. The van der Waals surface area contributed by atoms with E-state index in [4.69, 9.17) is 4.74 Å². The lowest BCUT2D eigenvalue weighted by Gasteiger charge is -2.32. The molecule has 1 saturated heterocycles. The second-order valence-electron chi connectivity index (χ2n) is 5.10. The largest absolute Gasteiger partial charge is 0.494 e. The molecule has 0 bridgehead atoms. The van der Waals surface area contributed by atoms with E-state index in [9.17, 15) is 9.18 Å². The Hall–Kier alpha value is -1.62. The van der Waals surface area contributed by atoms with Gasteiger partial charge < -0.3 is 15.0 Å². The number of ether oxygens (including phenoxy) is 1. The molecular weight excluding hydrogens is 259 g/mol. The lowest BCUT2D eigenvalue weighted by Crippen LogP contribution is -2.51. The van der Waals surface area contributed by atoms with Crippen molar-refractivity contribution >= 4 is 5.91 Å². The van der Waals surface area contributed by atoms with Gasteiger partial charge in [-0.05, 0) is 37.6 Å². The zero-order chi connectivity index (χ0) is 14.4. The maximum atomic E-state index is 12.7. The molecule has 1 unspecified atom stereocenters. The van der Waals surface area contributed by atoms with Gasteiger partial charge >= 0.3 is 0 Å². The van der Waals surface area contributed by atoms with Crippen LogP contribution in [0.2, 0.25) is 0 Å². The molecule has 0 radical (unpaired) electrons. The smallest absolute Gasteiger partial charge is 0.222 e. The lowest BCUT2D eigenvalue weighted by molar-refractivity contribution is -0.132. The summed E-state index contributed by atoms with van der Waals surface area (Å²) in [5.41, 5.74) is 0. The maximum absolute atomic E-state index is 12.7. The molecule has 1 heterocycles. The topological polar surface area (TPSA) is 41.6 Å². The second kappa shape index (κ2) is 7.24. The van der Waals surface area contributed by atoms with Gasteiger partial charge in [0.1, 0.15) is 11.6 Å². The normalized spacial score (nSPS) is 18.9. The summed E-state index contributed by atoms with van der Waals surface area (Å²) in [7, 11) is 0. The summed E-state index contributed by atoms with van der Waals surface area (Å²) in [6.45, 7) is 4.97. The Balaban J connectivity index is 1.65. The number of hydrogen-bond donors (Lipinski definition) is 1. The van der Waals surface area contributed by atoms with Gasteiger partial charge in [-0.15, -0.1) is 0 Å². The molecule has 110 valence electrons. The highest BCUT2D eigenvalue weighted by Crippen LogP contribution is 2.12. The molecule has 1 N–H and O–H groups in total. The van der Waals surface area contributed by atoms with Crippen molar-refractivity contribution in [3.05, 3.63) is 30.1 Å². The number of amides is 1. The van der Waals surface area contributed by atoms with Crippen molar-refractivity contribution in [2.75, 3.05) is 26.2 Å². The van der Waals surface area contributed by atoms with E-state index in [-0.39, 0.29) is 11.7 Å². The third kappa shape index (κ3) is 4.49. The number of nitrogens with zero attached hydrogens (tertiary/aromatic N) is 1. The van der Waals surface area contributed by atoms with Gasteiger partial charge in [-0.25, -0.2) is 4.39 Å². The fourth-order valence-electron chi connectivity index (χ4n) is 2.26. The Bertz CT molecular complexity index is 436. The van der Waals surface area contributed by atoms with E-state index >= 15 is 0 Å². The molecule has 2 rings (SSSR count). The first-order chi connectivity index (χ1) is 9.65. The van der Waals surface area contributed by atoms with E-state index in [0.717, 1.165) is 19.6 Å². The summed E-state index contributed by atoms with van der Waals surface area (Å²) in [4.78, 5) is 13.9. The number of benzene rings is 1. The standard InChI is InChI=1S/C15H21FN2O2/c1-12-11-18(9-8-17-12)15(19)3-2-10-20-14-6-4-13(16)5-7-14/h4-7,12,17H,2-3,8-11H2,1H3. The van der Waals surface area contributed by atoms with E-state index in [0.29, 0.717) is 31.2 Å². The molecule has 20 heavy (non-hydrogen) atoms. The fraction of sp³-hybridized carbons (Fsp3) is 0.533. The average Bonchev–Trinajstić information content (AvgIpc) is 2.45. The van der Waals surface area contributed by atoms with E-state index in [1.807, 2.05) is 4.90 Å². The van der Waals surface area contributed by atoms with E-state index in [1.165, 1.54) is 12.1 Å². The average molecular weight is 280 g/mol. The summed E-state index contributed by atoms with van der Waals surface area (Å²) in [5.74, 6) is 0.538. The minimum absolute atomic E-state index is 0.182. The summed E-state index contributed by atoms with van der Waals surface area (Å²) in [6.07, 6.45) is 1.17. The number of rotatable bonds is 5. The van der Waals surface area contributed by atoms with Crippen LogP contribution in [0, 0.1) is 5.82 Å². The molecule has 1 aliphatic rings. The van der Waals surface area contributed by atoms with E-state index in [1.54, 1.807) is 12.1 Å². The van der Waals surface area contributed by atoms with Crippen LogP contribution in [0.4, 0.5) is 4.39 Å². The fourth-order valence-corrected chi connectivity index (χ4v) is 2.26. The van der Waals surface area contributed by atoms with Gasteiger partial charge in [0.25, 0.3) is 0 Å². The van der Waals surface area contributed by atoms with Crippen LogP contribution in [-0.4, -0.2) is 43.1 Å². The Morgan fingerprint density at radius 2 is 2.20 bits per heavy atom. The van der Waals surface area contributed by atoms with Crippen LogP contribution >= 0.6 is 0 Å². The highest BCUT2D eigenvalue weighted by atomic mass is 19.1. The lowest BCUT2D eigenvalue weighted by atomic mass is 10.2. The predicted molar refractivity (Wildman–Crippen MR) is 75.2 cm³/mol. The van der Waals surface area contributed by atoms with Gasteiger partial charge in [0, 0.05) is 32.1 Å². The van der Waals surface area contributed by atoms with Crippen molar-refractivity contribution in [1.82, 2.24) is 10.2 Å². The highest BCUT2D eigenvalue weighted by Gasteiger charge is 2.19. The molecule has 1 aliphatic heterocycles. The van der Waals surface area contributed by atoms with Crippen LogP contribution in [0.15, 0.2) is 24.3 Å². The quantitative estimate of drug-likeness (QED) is 0.836. The van der Waals surface area contributed by atoms with Gasteiger partial charge in [0.05, 0.1) is 6.61 Å². The van der Waals surface area contributed by atoms with Gasteiger partial charge in [0.2, 0.25) is 5.91 Å². The van der Waals surface area contributed by atoms with Crippen molar-refractivity contribution in [2.45, 2.75) is 25.8 Å². The zero-order valence-electron chi connectivity index (χ0n) is 11.8. The number of carbonyl (C=O) groups is 1. The summed E-state index contributed by atoms with van der Waals surface area (Å²) >= 11 is 0. The number of halogens is 1. The molecule has 1 aromatic rings. The molecule has 4 nitrogen and oxygen atoms in total. The van der Waals surface area contributed by atoms with Crippen molar-refractivity contribution in [2.24, 2.45) is 0 Å². The molecule has 0 aliphatic carbocycles. The van der Waals surface area contributed by atoms with E-state index in [2.05, 4.69) is 12.2 Å². The molecule has 0 saturated carbocycles. The van der Waals surface area contributed by atoms with Gasteiger partial charge in [-0.2, -0.15) is 0 Å². The molecule has 1 amide bonds. The van der Waals surface area contributed by atoms with Crippen molar-refractivity contribution < 1.29 is 13.9 Å². The van der Waals surface area contributed by atoms with Gasteiger partial charge in [-0.3, -0.25) is 4.79 Å². The molecule has 5 heteroatoms. The highest BCUT2D eigenvalue weighted by molar-refractivity contribution is 5.76. The van der Waals surface area contributed by atoms with Crippen LogP contribution in [0.1, 0.15) is 19.8 Å². The van der Waals surface area contributed by atoms with Crippen molar-refractivity contribution in [3.8, 4) is 5.75 Å². The first kappa shape index (κ1) is 14.8. The minimum Gasteiger partial charge on any atom is -0.494 e. The van der Waals surface area contributed by atoms with Crippen LogP contribution in [0.3, 0.4) is 0 Å². The van der Waals surface area contributed by atoms with Crippen LogP contribution in [0.5, 0.6) is 5.75 Å². The Labute approximate surface area is 118 Å². The molecular formula is C15H21FN2O2. The van der Waals surface area contributed by atoms with E-state index < -0.39 is 0 Å². The minimum atomic E-state index is -0.277. The Kier molecular flexibility index (Phi) is 5.35. The molecule has 1 atom stereocenters. The first-order valence-corrected chi connectivity index (χ1v) is 7.04. The molecule has 0 spiro atoms. The van der Waals surface area contributed by atoms with Crippen molar-refractivity contribution in [1.29, 1.82) is 0 Å². The summed E-state index contributed by atoms with van der Waals surface area (Å²) in [5, 5.41) is 3.31. The van der Waals surface area contributed by atoms with Crippen molar-refractivity contribution in [3.63, 3.8) is 0 Å².